The van der Waals surface area contributed by atoms with Crippen molar-refractivity contribution in [1.82, 2.24) is 9.78 Å². The van der Waals surface area contributed by atoms with E-state index in [0.717, 1.165) is 11.8 Å². The summed E-state index contributed by atoms with van der Waals surface area (Å²) in [6.07, 6.45) is 4.02. The first-order valence-electron chi connectivity index (χ1n) is 4.86. The lowest BCUT2D eigenvalue weighted by molar-refractivity contribution is 0.396. The Kier molecular flexibility index (Phi) is 3.00. The summed E-state index contributed by atoms with van der Waals surface area (Å²) in [6.45, 7) is 0. The molecule has 1 aromatic heterocycles. The first-order chi connectivity index (χ1) is 7.81. The third kappa shape index (κ3) is 2.11. The topological polar surface area (TPSA) is 38.0 Å². The molecule has 1 atom stereocenters. The number of aliphatic hydroxyl groups is 1. The van der Waals surface area contributed by atoms with Crippen LogP contribution in [0.4, 0.5) is 4.39 Å². The van der Waals surface area contributed by atoms with Gasteiger partial charge in [-0.2, -0.15) is 5.10 Å². The number of hydrogen-bond donors (Lipinski definition) is 1. The van der Waals surface area contributed by atoms with Crippen LogP contribution in [0.5, 0.6) is 0 Å². The zero-order chi connectivity index (χ0) is 11.4. The number of aliphatic hydroxyl groups excluding tert-OH is 1. The van der Waals surface area contributed by atoms with Gasteiger partial charge in [0.2, 0.25) is 0 Å². The van der Waals surface area contributed by atoms with E-state index in [0.29, 0.717) is 11.8 Å². The molecule has 0 aliphatic carbocycles. The first kappa shape index (κ1) is 10.4. The molecule has 0 fully saturated rings. The number of aromatic nitrogens is 2. The molecule has 0 spiro atoms. The Bertz CT molecular complexity index is 462. The van der Waals surface area contributed by atoms with Crippen molar-refractivity contribution in [1.29, 1.82) is 0 Å². The molecule has 4 heteroatoms. The second-order valence-corrected chi connectivity index (χ2v) is 3.29. The maximum atomic E-state index is 13.3. The van der Waals surface area contributed by atoms with Gasteiger partial charge in [0, 0.05) is 12.4 Å². The molecular formula is C12H11FN2O. The fourth-order valence-electron chi connectivity index (χ4n) is 1.42. The summed E-state index contributed by atoms with van der Waals surface area (Å²) in [5.41, 5.74) is 1.37. The number of allylic oxidation sites excluding steroid dienone is 1. The number of benzene rings is 1. The monoisotopic (exact) mass is 218 g/mol. The molecule has 1 unspecified atom stereocenters. The Labute approximate surface area is 92.5 Å². The Morgan fingerprint density at radius 1 is 1.31 bits per heavy atom. The van der Waals surface area contributed by atoms with Gasteiger partial charge in [-0.1, -0.05) is 12.1 Å². The predicted molar refractivity (Wildman–Crippen MR) is 59.2 cm³/mol. The van der Waals surface area contributed by atoms with Gasteiger partial charge in [-0.25, -0.2) is 9.07 Å². The molecule has 1 N–H and O–H groups in total. The lowest BCUT2D eigenvalue weighted by atomic mass is 10.1. The molecule has 0 amide bonds. The number of nitrogens with zero attached hydrogens (tertiary/aromatic N) is 2. The Hall–Kier alpha value is -2.10. The van der Waals surface area contributed by atoms with Gasteiger partial charge in [0.05, 0.1) is 11.9 Å². The molecule has 16 heavy (non-hydrogen) atoms. The SMILES string of the molecule is O/C=C\C(F)c1ccc(-n2cccn2)cc1. The van der Waals surface area contributed by atoms with Gasteiger partial charge in [0.15, 0.2) is 0 Å². The van der Waals surface area contributed by atoms with E-state index in [1.54, 1.807) is 35.1 Å². The highest BCUT2D eigenvalue weighted by atomic mass is 19.1. The fraction of sp³-hybridized carbons (Fsp3) is 0.0833. The van der Waals surface area contributed by atoms with Crippen LogP contribution in [0.1, 0.15) is 11.7 Å². The molecule has 0 aliphatic heterocycles. The van der Waals surface area contributed by atoms with Crippen molar-refractivity contribution >= 4 is 0 Å². The van der Waals surface area contributed by atoms with Crippen molar-refractivity contribution in [2.75, 3.05) is 0 Å². The molecule has 1 aromatic carbocycles. The maximum absolute atomic E-state index is 13.3. The number of alkyl halides is 1. The molecule has 2 aromatic rings. The van der Waals surface area contributed by atoms with Gasteiger partial charge in [-0.15, -0.1) is 0 Å². The largest absolute Gasteiger partial charge is 0.516 e. The molecule has 1 heterocycles. The van der Waals surface area contributed by atoms with Crippen molar-refractivity contribution in [2.24, 2.45) is 0 Å². The van der Waals surface area contributed by atoms with Gasteiger partial charge in [0.1, 0.15) is 6.17 Å². The van der Waals surface area contributed by atoms with E-state index >= 15 is 0 Å². The van der Waals surface area contributed by atoms with Crippen molar-refractivity contribution in [3.63, 3.8) is 0 Å². The average Bonchev–Trinajstić information content (AvgIpc) is 2.83. The zero-order valence-corrected chi connectivity index (χ0v) is 8.49. The summed E-state index contributed by atoms with van der Waals surface area (Å²) >= 11 is 0. The van der Waals surface area contributed by atoms with Crippen molar-refractivity contribution in [3.05, 3.63) is 60.6 Å². The highest BCUT2D eigenvalue weighted by Crippen LogP contribution is 2.19. The highest BCUT2D eigenvalue weighted by molar-refractivity contribution is 5.35. The summed E-state index contributed by atoms with van der Waals surface area (Å²) in [4.78, 5) is 0. The third-order valence-electron chi connectivity index (χ3n) is 2.24. The minimum Gasteiger partial charge on any atom is -0.516 e. The van der Waals surface area contributed by atoms with Gasteiger partial charge in [-0.05, 0) is 29.8 Å². The molecular weight excluding hydrogens is 207 g/mol. The minimum absolute atomic E-state index is 0.501. The molecule has 0 saturated carbocycles. The quantitative estimate of drug-likeness (QED) is 0.804. The third-order valence-corrected chi connectivity index (χ3v) is 2.24. The van der Waals surface area contributed by atoms with Crippen LogP contribution in [0.2, 0.25) is 0 Å². The first-order valence-corrected chi connectivity index (χ1v) is 4.86. The van der Waals surface area contributed by atoms with Crippen LogP contribution in [-0.4, -0.2) is 14.9 Å². The van der Waals surface area contributed by atoms with E-state index < -0.39 is 6.17 Å². The van der Waals surface area contributed by atoms with E-state index in [4.69, 9.17) is 5.11 Å². The molecule has 0 aliphatic rings. The summed E-state index contributed by atoms with van der Waals surface area (Å²) < 4.78 is 15.0. The van der Waals surface area contributed by atoms with Crippen LogP contribution in [0.25, 0.3) is 5.69 Å². The Morgan fingerprint density at radius 3 is 2.62 bits per heavy atom. The summed E-state index contributed by atoms with van der Waals surface area (Å²) in [5, 5.41) is 12.5. The second-order valence-electron chi connectivity index (χ2n) is 3.29. The standard InChI is InChI=1S/C12H11FN2O/c13-12(6-9-16)10-2-4-11(5-3-10)15-8-1-7-14-15/h1-9,12,16H/b9-6-. The van der Waals surface area contributed by atoms with Crippen LogP contribution in [0.15, 0.2) is 55.1 Å². The average molecular weight is 218 g/mol. The Balaban J connectivity index is 2.23. The van der Waals surface area contributed by atoms with Crippen LogP contribution < -0.4 is 0 Å². The van der Waals surface area contributed by atoms with Gasteiger partial charge in [-0.3, -0.25) is 0 Å². The summed E-state index contributed by atoms with van der Waals surface area (Å²) in [7, 11) is 0. The summed E-state index contributed by atoms with van der Waals surface area (Å²) in [5.74, 6) is 0. The van der Waals surface area contributed by atoms with E-state index in [2.05, 4.69) is 5.10 Å². The lowest BCUT2D eigenvalue weighted by Crippen LogP contribution is -1.95. The van der Waals surface area contributed by atoms with Crippen LogP contribution in [0, 0.1) is 0 Å². The van der Waals surface area contributed by atoms with Crippen molar-refractivity contribution in [2.45, 2.75) is 6.17 Å². The van der Waals surface area contributed by atoms with Crippen molar-refractivity contribution < 1.29 is 9.50 Å². The molecule has 0 bridgehead atoms. The lowest BCUT2D eigenvalue weighted by Gasteiger charge is -2.05. The molecule has 3 nitrogen and oxygen atoms in total. The smallest absolute Gasteiger partial charge is 0.147 e. The molecule has 2 rings (SSSR count). The predicted octanol–water partition coefficient (Wildman–Crippen LogP) is 2.95. The van der Waals surface area contributed by atoms with Crippen LogP contribution in [0.3, 0.4) is 0 Å². The zero-order valence-electron chi connectivity index (χ0n) is 8.49. The number of rotatable bonds is 3. The van der Waals surface area contributed by atoms with E-state index in [1.807, 2.05) is 12.3 Å². The van der Waals surface area contributed by atoms with Crippen LogP contribution in [-0.2, 0) is 0 Å². The van der Waals surface area contributed by atoms with Crippen molar-refractivity contribution in [3.8, 4) is 5.69 Å². The highest BCUT2D eigenvalue weighted by Gasteiger charge is 2.05. The van der Waals surface area contributed by atoms with Crippen LogP contribution >= 0.6 is 0 Å². The van der Waals surface area contributed by atoms with Gasteiger partial charge >= 0.3 is 0 Å². The van der Waals surface area contributed by atoms with E-state index in [-0.39, 0.29) is 0 Å². The maximum Gasteiger partial charge on any atom is 0.147 e. The van der Waals surface area contributed by atoms with Gasteiger partial charge < -0.3 is 5.11 Å². The minimum atomic E-state index is -1.28. The van der Waals surface area contributed by atoms with E-state index in [9.17, 15) is 4.39 Å². The molecule has 82 valence electrons. The molecule has 0 saturated heterocycles. The number of halogens is 1. The Morgan fingerprint density at radius 2 is 2.06 bits per heavy atom. The fourth-order valence-corrected chi connectivity index (χ4v) is 1.42. The molecule has 0 radical (unpaired) electrons. The normalized spacial score (nSPS) is 13.1. The second kappa shape index (κ2) is 4.61. The number of hydrogen-bond acceptors (Lipinski definition) is 2. The van der Waals surface area contributed by atoms with E-state index in [1.165, 1.54) is 0 Å². The summed E-state index contributed by atoms with van der Waals surface area (Å²) in [6, 6.07) is 8.71. The van der Waals surface area contributed by atoms with Gasteiger partial charge in [0.25, 0.3) is 0 Å².